The van der Waals surface area contributed by atoms with Crippen molar-refractivity contribution in [2.75, 3.05) is 6.61 Å². The molecule has 1 amide bonds. The second-order valence-corrected chi connectivity index (χ2v) is 19.7. The molecule has 0 aliphatic heterocycles. The third-order valence-electron chi connectivity index (χ3n) is 13.1. The number of esters is 1. The number of nitrogens with one attached hydrogen (secondary N) is 1. The second kappa shape index (κ2) is 54.5. The van der Waals surface area contributed by atoms with E-state index in [1.807, 2.05) is 0 Å². The van der Waals surface area contributed by atoms with Crippen LogP contribution >= 0.6 is 0 Å². The molecule has 3 atom stereocenters. The molecule has 0 aromatic rings. The predicted molar refractivity (Wildman–Crippen MR) is 292 cm³/mol. The van der Waals surface area contributed by atoms with Crippen molar-refractivity contribution in [1.29, 1.82) is 0 Å². The van der Waals surface area contributed by atoms with Crippen LogP contribution in [-0.2, 0) is 14.3 Å². The molecule has 0 heterocycles. The highest BCUT2D eigenvalue weighted by atomic mass is 16.5. The first-order chi connectivity index (χ1) is 33.0. The van der Waals surface area contributed by atoms with Gasteiger partial charge in [0, 0.05) is 6.42 Å². The maximum atomic E-state index is 13.3. The van der Waals surface area contributed by atoms with Crippen molar-refractivity contribution in [2.45, 2.75) is 309 Å². The Kier molecular flexibility index (Phi) is 52.5. The van der Waals surface area contributed by atoms with Gasteiger partial charge in [-0.25, -0.2) is 0 Å². The predicted octanol–water partition coefficient (Wildman–Crippen LogP) is 18.0. The van der Waals surface area contributed by atoms with Crippen molar-refractivity contribution < 1.29 is 24.5 Å². The van der Waals surface area contributed by atoms with Crippen LogP contribution in [0.25, 0.3) is 0 Å². The summed E-state index contributed by atoms with van der Waals surface area (Å²) in [6.45, 7) is 6.39. The van der Waals surface area contributed by atoms with E-state index in [1.54, 1.807) is 0 Å². The number of carbonyl (C=O) groups excluding carboxylic acids is 2. The molecule has 3 unspecified atom stereocenters. The minimum Gasteiger partial charge on any atom is -0.462 e. The summed E-state index contributed by atoms with van der Waals surface area (Å²) in [5, 5.41) is 23.9. The van der Waals surface area contributed by atoms with E-state index in [9.17, 15) is 19.8 Å². The number of ether oxygens (including phenoxy) is 1. The average Bonchev–Trinajstić information content (AvgIpc) is 3.32. The van der Waals surface area contributed by atoms with Crippen molar-refractivity contribution in [3.8, 4) is 0 Å². The van der Waals surface area contributed by atoms with E-state index in [4.69, 9.17) is 4.74 Å². The van der Waals surface area contributed by atoms with Crippen LogP contribution in [0.5, 0.6) is 0 Å². The maximum Gasteiger partial charge on any atom is 0.306 e. The molecular formula is C61H111NO5. The fraction of sp³-hybridized carbons (Fsp3) is 0.803. The van der Waals surface area contributed by atoms with Gasteiger partial charge in [-0.2, -0.15) is 0 Å². The second-order valence-electron chi connectivity index (χ2n) is 19.7. The highest BCUT2D eigenvalue weighted by molar-refractivity contribution is 5.77. The molecule has 0 spiro atoms. The monoisotopic (exact) mass is 938 g/mol. The van der Waals surface area contributed by atoms with Gasteiger partial charge in [0.1, 0.15) is 6.10 Å². The number of hydrogen-bond donors (Lipinski definition) is 3. The van der Waals surface area contributed by atoms with E-state index < -0.39 is 18.2 Å². The molecule has 0 aromatic carbocycles. The Hall–Kier alpha value is -2.44. The highest BCUT2D eigenvalue weighted by Crippen LogP contribution is 2.18. The lowest BCUT2D eigenvalue weighted by Gasteiger charge is -2.24. The third kappa shape index (κ3) is 49.8. The van der Waals surface area contributed by atoms with Crippen molar-refractivity contribution in [2.24, 2.45) is 0 Å². The van der Waals surface area contributed by atoms with Crippen LogP contribution < -0.4 is 5.32 Å². The fourth-order valence-corrected chi connectivity index (χ4v) is 8.76. The maximum absolute atomic E-state index is 13.3. The Balaban J connectivity index is 4.59. The van der Waals surface area contributed by atoms with Crippen LogP contribution in [0.1, 0.15) is 290 Å². The lowest BCUT2D eigenvalue weighted by Crippen LogP contribution is -2.46. The van der Waals surface area contributed by atoms with Crippen LogP contribution in [0.15, 0.2) is 60.8 Å². The molecule has 0 radical (unpaired) electrons. The molecule has 3 N–H and O–H groups in total. The number of carbonyl (C=O) groups is 2. The first-order valence-electron chi connectivity index (χ1n) is 29.0. The third-order valence-corrected chi connectivity index (χ3v) is 13.1. The average molecular weight is 939 g/mol. The summed E-state index contributed by atoms with van der Waals surface area (Å²) in [7, 11) is 0. The topological polar surface area (TPSA) is 95.9 Å². The summed E-state index contributed by atoms with van der Waals surface area (Å²) >= 11 is 0. The van der Waals surface area contributed by atoms with E-state index in [1.165, 1.54) is 161 Å². The number of aliphatic hydroxyl groups is 2. The Bertz CT molecular complexity index is 1190. The van der Waals surface area contributed by atoms with Crippen LogP contribution in [0.3, 0.4) is 0 Å². The van der Waals surface area contributed by atoms with Gasteiger partial charge in [-0.05, 0) is 64.2 Å². The summed E-state index contributed by atoms with van der Waals surface area (Å²) in [6.07, 6.45) is 68.6. The molecule has 0 aliphatic carbocycles. The quantitative estimate of drug-likeness (QED) is 0.0321. The van der Waals surface area contributed by atoms with Gasteiger partial charge in [0.2, 0.25) is 5.91 Å². The Morgan fingerprint density at radius 3 is 1.16 bits per heavy atom. The number of allylic oxidation sites excluding steroid dienone is 10. The van der Waals surface area contributed by atoms with Crippen molar-refractivity contribution >= 4 is 11.9 Å². The number of rotatable bonds is 52. The molecule has 0 saturated heterocycles. The Labute approximate surface area is 416 Å². The first-order valence-corrected chi connectivity index (χ1v) is 29.0. The molecule has 0 rings (SSSR count). The number of unbranched alkanes of at least 4 members (excludes halogenated alkanes) is 30. The van der Waals surface area contributed by atoms with Gasteiger partial charge in [-0.1, -0.05) is 274 Å². The van der Waals surface area contributed by atoms with Gasteiger partial charge in [-0.3, -0.25) is 9.59 Å². The van der Waals surface area contributed by atoms with E-state index >= 15 is 0 Å². The Morgan fingerprint density at radius 1 is 0.448 bits per heavy atom. The van der Waals surface area contributed by atoms with E-state index in [0.717, 1.165) is 77.0 Å². The van der Waals surface area contributed by atoms with Gasteiger partial charge >= 0.3 is 5.97 Å². The number of aliphatic hydroxyl groups excluding tert-OH is 2. The minimum atomic E-state index is -0.798. The van der Waals surface area contributed by atoms with Crippen LogP contribution in [0.2, 0.25) is 0 Å². The molecule has 0 bridgehead atoms. The summed E-state index contributed by atoms with van der Waals surface area (Å²) in [4.78, 5) is 26.2. The fourth-order valence-electron chi connectivity index (χ4n) is 8.76. The normalized spacial score (nSPS) is 13.6. The molecule has 0 aromatic heterocycles. The van der Waals surface area contributed by atoms with Crippen molar-refractivity contribution in [1.82, 2.24) is 5.32 Å². The zero-order valence-corrected chi connectivity index (χ0v) is 44.5. The SMILES string of the molecule is CC/C=C\C/C=C\C/C=C\C/C=C\C/C=C\CCCC(=O)OC(CCCCCCCCCCCCCCCC)CC(=O)NC(CO)C(O)CCCCCCCCCCCCCCCCCCC. The van der Waals surface area contributed by atoms with E-state index in [2.05, 4.69) is 86.8 Å². The van der Waals surface area contributed by atoms with Gasteiger partial charge < -0.3 is 20.3 Å². The van der Waals surface area contributed by atoms with E-state index in [-0.39, 0.29) is 24.9 Å². The molecule has 0 aliphatic rings. The van der Waals surface area contributed by atoms with Gasteiger partial charge in [0.15, 0.2) is 0 Å². The van der Waals surface area contributed by atoms with Crippen LogP contribution in [0.4, 0.5) is 0 Å². The zero-order valence-electron chi connectivity index (χ0n) is 44.5. The van der Waals surface area contributed by atoms with Crippen LogP contribution in [0, 0.1) is 0 Å². The summed E-state index contributed by atoms with van der Waals surface area (Å²) in [5.74, 6) is -0.532. The summed E-state index contributed by atoms with van der Waals surface area (Å²) < 4.78 is 5.93. The summed E-state index contributed by atoms with van der Waals surface area (Å²) in [6, 6.07) is -0.713. The van der Waals surface area contributed by atoms with Crippen molar-refractivity contribution in [3.63, 3.8) is 0 Å². The molecular weight excluding hydrogens is 827 g/mol. The van der Waals surface area contributed by atoms with Gasteiger partial charge in [-0.15, -0.1) is 0 Å². The summed E-state index contributed by atoms with van der Waals surface area (Å²) in [5.41, 5.74) is 0. The highest BCUT2D eigenvalue weighted by Gasteiger charge is 2.24. The smallest absolute Gasteiger partial charge is 0.306 e. The first kappa shape index (κ1) is 64.6. The van der Waals surface area contributed by atoms with Gasteiger partial charge in [0.25, 0.3) is 0 Å². The lowest BCUT2D eigenvalue weighted by molar-refractivity contribution is -0.151. The molecule has 0 fully saturated rings. The Morgan fingerprint density at radius 2 is 0.791 bits per heavy atom. The lowest BCUT2D eigenvalue weighted by atomic mass is 10.0. The van der Waals surface area contributed by atoms with E-state index in [0.29, 0.717) is 25.7 Å². The van der Waals surface area contributed by atoms with Gasteiger partial charge in [0.05, 0.1) is 25.2 Å². The van der Waals surface area contributed by atoms with Crippen molar-refractivity contribution in [3.05, 3.63) is 60.8 Å². The molecule has 6 heteroatoms. The molecule has 0 saturated carbocycles. The van der Waals surface area contributed by atoms with Crippen LogP contribution in [-0.4, -0.2) is 46.9 Å². The number of amides is 1. The molecule has 67 heavy (non-hydrogen) atoms. The molecule has 390 valence electrons. The minimum absolute atomic E-state index is 0.0568. The largest absolute Gasteiger partial charge is 0.462 e. The standard InChI is InChI=1S/C61H111NO5/c1-4-7-10-13-16-19-22-25-28-30-32-35-38-41-44-47-50-53-59(64)58(56-63)62-60(65)55-57(52-49-46-43-40-37-34-27-24-21-18-15-12-9-6-3)67-61(66)54-51-48-45-42-39-36-33-31-29-26-23-20-17-14-11-8-5-2/h8,11,17,20,26,29,33,36,42,45,57-59,63-64H,4-7,9-10,12-16,18-19,21-25,27-28,30-32,34-35,37-41,43-44,46-56H2,1-3H3,(H,62,65)/b11-8-,20-17-,29-26-,36-33-,45-42-. The zero-order chi connectivity index (χ0) is 48.8. The number of hydrogen-bond acceptors (Lipinski definition) is 5. The molecule has 6 nitrogen and oxygen atoms in total.